The number of rotatable bonds is 7. The van der Waals surface area contributed by atoms with E-state index in [0.29, 0.717) is 0 Å². The Morgan fingerprint density at radius 2 is 1.80 bits per heavy atom. The quantitative estimate of drug-likeness (QED) is 0.679. The number of hydrogen-bond acceptors (Lipinski definition) is 3. The average Bonchev–Trinajstić information content (AvgIpc) is 2.17. The van der Waals surface area contributed by atoms with Gasteiger partial charge in [-0.15, -0.1) is 0 Å². The van der Waals surface area contributed by atoms with Crippen LogP contribution in [0.1, 0.15) is 47.0 Å². The van der Waals surface area contributed by atoms with Gasteiger partial charge in [-0.05, 0) is 53.6 Å². The summed E-state index contributed by atoms with van der Waals surface area (Å²) in [4.78, 5) is 2.36. The summed E-state index contributed by atoms with van der Waals surface area (Å²) in [6.45, 7) is 9.71. The summed E-state index contributed by atoms with van der Waals surface area (Å²) in [6.07, 6.45) is 3.05. The van der Waals surface area contributed by atoms with E-state index in [4.69, 9.17) is 10.8 Å². The van der Waals surface area contributed by atoms with Crippen LogP contribution in [0.25, 0.3) is 0 Å². The molecule has 3 N–H and O–H groups in total. The van der Waals surface area contributed by atoms with Crippen LogP contribution in [0.15, 0.2) is 0 Å². The third-order valence-electron chi connectivity index (χ3n) is 3.50. The van der Waals surface area contributed by atoms with Crippen LogP contribution in [-0.4, -0.2) is 41.3 Å². The van der Waals surface area contributed by atoms with Gasteiger partial charge in [0.05, 0.1) is 6.61 Å². The van der Waals surface area contributed by atoms with Gasteiger partial charge < -0.3 is 15.7 Å². The molecule has 3 heteroatoms. The molecule has 15 heavy (non-hydrogen) atoms. The van der Waals surface area contributed by atoms with Gasteiger partial charge in [-0.2, -0.15) is 0 Å². The lowest BCUT2D eigenvalue weighted by Gasteiger charge is -2.35. The minimum Gasteiger partial charge on any atom is -0.394 e. The summed E-state index contributed by atoms with van der Waals surface area (Å²) in [7, 11) is 2.15. The molecule has 0 fully saturated rings. The van der Waals surface area contributed by atoms with Crippen LogP contribution in [0.5, 0.6) is 0 Å². The van der Waals surface area contributed by atoms with Crippen LogP contribution in [0.2, 0.25) is 0 Å². The third-order valence-corrected chi connectivity index (χ3v) is 3.50. The minimum atomic E-state index is -0.419. The van der Waals surface area contributed by atoms with Crippen LogP contribution < -0.4 is 5.73 Å². The SMILES string of the molecule is CCC(C)(C)N(C)CCCC(C)(N)CO. The molecule has 1 unspecified atom stereocenters. The zero-order valence-corrected chi connectivity index (χ0v) is 11.0. The Kier molecular flexibility index (Phi) is 5.78. The lowest BCUT2D eigenvalue weighted by atomic mass is 9.96. The standard InChI is InChI=1S/C12H28N2O/c1-6-11(2,3)14(5)9-7-8-12(4,13)10-15/h15H,6-10,13H2,1-5H3. The van der Waals surface area contributed by atoms with E-state index >= 15 is 0 Å². The Bertz CT molecular complexity index is 178. The zero-order valence-electron chi connectivity index (χ0n) is 11.0. The normalized spacial score (nSPS) is 16.8. The number of aliphatic hydroxyl groups is 1. The topological polar surface area (TPSA) is 49.5 Å². The molecule has 0 spiro atoms. The molecule has 0 aliphatic rings. The molecule has 0 aromatic rings. The van der Waals surface area contributed by atoms with Gasteiger partial charge in [0.1, 0.15) is 0 Å². The lowest BCUT2D eigenvalue weighted by Crippen LogP contribution is -2.43. The Balaban J connectivity index is 3.87. The highest BCUT2D eigenvalue weighted by Gasteiger charge is 2.22. The number of hydrogen-bond donors (Lipinski definition) is 2. The molecule has 0 aliphatic heterocycles. The second-order valence-electron chi connectivity index (χ2n) is 5.50. The number of nitrogens with zero attached hydrogens (tertiary/aromatic N) is 1. The monoisotopic (exact) mass is 216 g/mol. The maximum Gasteiger partial charge on any atom is 0.0608 e. The van der Waals surface area contributed by atoms with Gasteiger partial charge >= 0.3 is 0 Å². The van der Waals surface area contributed by atoms with Crippen LogP contribution in [0.4, 0.5) is 0 Å². The molecule has 0 aromatic heterocycles. The van der Waals surface area contributed by atoms with E-state index in [1.54, 1.807) is 0 Å². The molecule has 0 rings (SSSR count). The second-order valence-corrected chi connectivity index (χ2v) is 5.50. The molecular weight excluding hydrogens is 188 g/mol. The van der Waals surface area contributed by atoms with Crippen molar-refractivity contribution in [1.82, 2.24) is 4.90 Å². The van der Waals surface area contributed by atoms with Gasteiger partial charge in [0.2, 0.25) is 0 Å². The van der Waals surface area contributed by atoms with Crippen molar-refractivity contribution < 1.29 is 5.11 Å². The van der Waals surface area contributed by atoms with Gasteiger partial charge in [-0.1, -0.05) is 6.92 Å². The summed E-state index contributed by atoms with van der Waals surface area (Å²) >= 11 is 0. The molecule has 0 aromatic carbocycles. The predicted octanol–water partition coefficient (Wildman–Crippen LogP) is 1.60. The van der Waals surface area contributed by atoms with E-state index in [1.165, 1.54) is 0 Å². The molecule has 1 atom stereocenters. The molecular formula is C12H28N2O. The van der Waals surface area contributed by atoms with E-state index in [-0.39, 0.29) is 12.1 Å². The predicted molar refractivity (Wildman–Crippen MR) is 65.9 cm³/mol. The summed E-state index contributed by atoms with van der Waals surface area (Å²) in [5.74, 6) is 0. The maximum absolute atomic E-state index is 9.03. The summed E-state index contributed by atoms with van der Waals surface area (Å²) in [5, 5.41) is 9.03. The summed E-state index contributed by atoms with van der Waals surface area (Å²) < 4.78 is 0. The van der Waals surface area contributed by atoms with E-state index in [9.17, 15) is 0 Å². The first kappa shape index (κ1) is 14.9. The van der Waals surface area contributed by atoms with Crippen LogP contribution in [-0.2, 0) is 0 Å². The molecule has 0 radical (unpaired) electrons. The molecule has 3 nitrogen and oxygen atoms in total. The Morgan fingerprint density at radius 3 is 2.20 bits per heavy atom. The number of aliphatic hydroxyl groups excluding tert-OH is 1. The van der Waals surface area contributed by atoms with E-state index in [1.807, 2.05) is 6.92 Å². The number of nitrogens with two attached hydrogens (primary N) is 1. The van der Waals surface area contributed by atoms with Gasteiger partial charge in [0.25, 0.3) is 0 Å². The summed E-state index contributed by atoms with van der Waals surface area (Å²) in [5.41, 5.74) is 5.71. The first-order valence-electron chi connectivity index (χ1n) is 5.86. The fourth-order valence-corrected chi connectivity index (χ4v) is 1.37. The second kappa shape index (κ2) is 5.83. The van der Waals surface area contributed by atoms with Crippen molar-refractivity contribution in [3.8, 4) is 0 Å². The van der Waals surface area contributed by atoms with Crippen molar-refractivity contribution >= 4 is 0 Å². The highest BCUT2D eigenvalue weighted by Crippen LogP contribution is 2.17. The van der Waals surface area contributed by atoms with Crippen LogP contribution >= 0.6 is 0 Å². The minimum absolute atomic E-state index is 0.0634. The molecule has 0 aliphatic carbocycles. The van der Waals surface area contributed by atoms with Crippen molar-refractivity contribution in [3.63, 3.8) is 0 Å². The molecule has 0 saturated heterocycles. The van der Waals surface area contributed by atoms with Gasteiger partial charge in [-0.3, -0.25) is 0 Å². The van der Waals surface area contributed by atoms with Crippen molar-refractivity contribution in [2.45, 2.75) is 58.0 Å². The fraction of sp³-hybridized carbons (Fsp3) is 1.00. The maximum atomic E-state index is 9.03. The molecule has 0 heterocycles. The van der Waals surface area contributed by atoms with E-state index in [2.05, 4.69) is 32.7 Å². The first-order chi connectivity index (χ1) is 6.75. The van der Waals surface area contributed by atoms with E-state index in [0.717, 1.165) is 25.8 Å². The third kappa shape index (κ3) is 5.50. The van der Waals surface area contributed by atoms with Gasteiger partial charge in [-0.25, -0.2) is 0 Å². The van der Waals surface area contributed by atoms with Crippen molar-refractivity contribution in [2.24, 2.45) is 5.73 Å². The zero-order chi connectivity index (χ0) is 12.1. The van der Waals surface area contributed by atoms with Crippen LogP contribution in [0, 0.1) is 0 Å². The van der Waals surface area contributed by atoms with Crippen molar-refractivity contribution in [1.29, 1.82) is 0 Å². The van der Waals surface area contributed by atoms with Crippen LogP contribution in [0.3, 0.4) is 0 Å². The molecule has 0 saturated carbocycles. The van der Waals surface area contributed by atoms with Gasteiger partial charge in [0, 0.05) is 11.1 Å². The Labute approximate surface area is 94.6 Å². The van der Waals surface area contributed by atoms with Crippen molar-refractivity contribution in [3.05, 3.63) is 0 Å². The molecule has 92 valence electrons. The van der Waals surface area contributed by atoms with Gasteiger partial charge in [0.15, 0.2) is 0 Å². The highest BCUT2D eigenvalue weighted by atomic mass is 16.3. The van der Waals surface area contributed by atoms with Crippen molar-refractivity contribution in [2.75, 3.05) is 20.2 Å². The Morgan fingerprint density at radius 1 is 1.27 bits per heavy atom. The first-order valence-corrected chi connectivity index (χ1v) is 5.86. The van der Waals surface area contributed by atoms with E-state index < -0.39 is 5.54 Å². The smallest absolute Gasteiger partial charge is 0.0608 e. The lowest BCUT2D eigenvalue weighted by molar-refractivity contribution is 0.138. The summed E-state index contributed by atoms with van der Waals surface area (Å²) in [6, 6.07) is 0. The molecule has 0 bridgehead atoms. The largest absolute Gasteiger partial charge is 0.394 e. The average molecular weight is 216 g/mol. The Hall–Kier alpha value is -0.120. The highest BCUT2D eigenvalue weighted by molar-refractivity contribution is 4.80. The molecule has 0 amide bonds. The fourth-order valence-electron chi connectivity index (χ4n) is 1.37.